The molecule has 2 aliphatic carbocycles. The molecule has 1 aliphatic heterocycles. The van der Waals surface area contributed by atoms with E-state index < -0.39 is 0 Å². The number of imide groups is 1. The van der Waals surface area contributed by atoms with Gasteiger partial charge in [-0.2, -0.15) is 10.1 Å². The first-order valence-corrected chi connectivity index (χ1v) is 12.4. The summed E-state index contributed by atoms with van der Waals surface area (Å²) in [6, 6.07) is 11.2. The maximum absolute atomic E-state index is 12.8. The van der Waals surface area contributed by atoms with E-state index in [0.717, 1.165) is 26.1 Å². The summed E-state index contributed by atoms with van der Waals surface area (Å²) in [4.78, 5) is 25.7. The highest BCUT2D eigenvalue weighted by atomic mass is 127. The first-order chi connectivity index (χ1) is 16.0. The number of hydrazone groups is 1. The molecule has 2 aromatic rings. The van der Waals surface area contributed by atoms with E-state index >= 15 is 0 Å². The van der Waals surface area contributed by atoms with Gasteiger partial charge in [0.1, 0.15) is 6.61 Å². The quantitative estimate of drug-likeness (QED) is 0.200. The van der Waals surface area contributed by atoms with Gasteiger partial charge in [-0.25, -0.2) is 0 Å². The minimum absolute atomic E-state index is 0.166. The van der Waals surface area contributed by atoms with Crippen molar-refractivity contribution in [2.45, 2.75) is 20.0 Å². The van der Waals surface area contributed by atoms with E-state index in [1.54, 1.807) is 6.21 Å². The van der Waals surface area contributed by atoms with Crippen LogP contribution in [0.2, 0.25) is 5.02 Å². The van der Waals surface area contributed by atoms with Crippen molar-refractivity contribution in [3.63, 3.8) is 0 Å². The summed E-state index contributed by atoms with van der Waals surface area (Å²) in [5, 5.41) is 6.01. The Morgan fingerprint density at radius 2 is 1.76 bits per heavy atom. The van der Waals surface area contributed by atoms with Gasteiger partial charge in [0.05, 0.1) is 28.2 Å². The summed E-state index contributed by atoms with van der Waals surface area (Å²) in [6.45, 7) is 2.74. The normalized spacial score (nSPS) is 25.4. The van der Waals surface area contributed by atoms with Crippen LogP contribution in [0.15, 0.2) is 53.7 Å². The summed E-state index contributed by atoms with van der Waals surface area (Å²) in [5.41, 5.74) is 1.71. The second kappa shape index (κ2) is 9.10. The lowest BCUT2D eigenvalue weighted by Gasteiger charge is -2.15. The molecule has 0 radical (unpaired) electrons. The Morgan fingerprint density at radius 3 is 2.39 bits per heavy atom. The Bertz CT molecular complexity index is 1130. The van der Waals surface area contributed by atoms with Gasteiger partial charge in [-0.15, -0.1) is 0 Å². The van der Waals surface area contributed by atoms with Crippen molar-refractivity contribution in [3.8, 4) is 11.5 Å². The molecule has 5 rings (SSSR count). The van der Waals surface area contributed by atoms with Gasteiger partial charge in [-0.3, -0.25) is 9.59 Å². The number of rotatable bonds is 7. The standard InChI is InChI=1S/C25H22ClIN2O4/c1-2-32-20-10-15(9-19(27)23(20)33-13-14-3-7-18(26)8-4-14)12-28-29-24(30)21-16-5-6-17(11-16)22(21)25(29)31/h3-10,12,16-17,21-22H,2,11,13H2,1H3/t16-,17-,21-,22+/m0/s1. The molecule has 2 fully saturated rings. The van der Waals surface area contributed by atoms with Crippen molar-refractivity contribution in [2.75, 3.05) is 6.61 Å². The highest BCUT2D eigenvalue weighted by molar-refractivity contribution is 14.1. The van der Waals surface area contributed by atoms with Crippen LogP contribution in [0.3, 0.4) is 0 Å². The molecule has 2 amide bonds. The third-order valence-corrected chi connectivity index (χ3v) is 7.45. The SMILES string of the molecule is CCOc1cc(C=NN2C(=O)[C@@H]3[C@H](C2=O)[C@H]2C=C[C@H]3C2)cc(I)c1OCc1ccc(Cl)cc1. The molecule has 1 heterocycles. The summed E-state index contributed by atoms with van der Waals surface area (Å²) in [6.07, 6.45) is 6.59. The lowest BCUT2D eigenvalue weighted by Crippen LogP contribution is -2.28. The van der Waals surface area contributed by atoms with Gasteiger partial charge in [0.15, 0.2) is 11.5 Å². The summed E-state index contributed by atoms with van der Waals surface area (Å²) in [5.74, 6) is 0.646. The van der Waals surface area contributed by atoms with Crippen LogP contribution >= 0.6 is 34.2 Å². The van der Waals surface area contributed by atoms with Gasteiger partial charge < -0.3 is 9.47 Å². The average molecular weight is 577 g/mol. The van der Waals surface area contributed by atoms with E-state index in [2.05, 4.69) is 39.8 Å². The first-order valence-electron chi connectivity index (χ1n) is 10.9. The molecule has 4 atom stereocenters. The van der Waals surface area contributed by atoms with Gasteiger partial charge in [0.25, 0.3) is 11.8 Å². The van der Waals surface area contributed by atoms with Crippen LogP contribution in [0, 0.1) is 27.2 Å². The molecule has 0 unspecified atom stereocenters. The van der Waals surface area contributed by atoms with E-state index in [1.165, 1.54) is 0 Å². The molecule has 170 valence electrons. The fraction of sp³-hybridized carbons (Fsp3) is 0.320. The largest absolute Gasteiger partial charge is 0.490 e. The highest BCUT2D eigenvalue weighted by Gasteiger charge is 2.59. The van der Waals surface area contributed by atoms with E-state index in [-0.39, 0.29) is 35.5 Å². The fourth-order valence-electron chi connectivity index (χ4n) is 4.93. The van der Waals surface area contributed by atoms with Crippen molar-refractivity contribution in [2.24, 2.45) is 28.8 Å². The van der Waals surface area contributed by atoms with Crippen molar-refractivity contribution < 1.29 is 19.1 Å². The highest BCUT2D eigenvalue weighted by Crippen LogP contribution is 2.52. The van der Waals surface area contributed by atoms with E-state index in [9.17, 15) is 9.59 Å². The van der Waals surface area contributed by atoms with Crippen molar-refractivity contribution in [1.82, 2.24) is 5.01 Å². The molecule has 1 saturated heterocycles. The van der Waals surface area contributed by atoms with E-state index in [4.69, 9.17) is 21.1 Å². The monoisotopic (exact) mass is 576 g/mol. The predicted octanol–water partition coefficient (Wildman–Crippen LogP) is 5.06. The zero-order valence-electron chi connectivity index (χ0n) is 17.9. The van der Waals surface area contributed by atoms with Crippen LogP contribution < -0.4 is 9.47 Å². The van der Waals surface area contributed by atoms with Crippen molar-refractivity contribution >= 4 is 52.2 Å². The Labute approximate surface area is 210 Å². The zero-order chi connectivity index (χ0) is 23.1. The molecule has 0 spiro atoms. The maximum atomic E-state index is 12.8. The number of hydrogen-bond donors (Lipinski definition) is 0. The Balaban J connectivity index is 1.34. The molecular weight excluding hydrogens is 555 g/mol. The fourth-order valence-corrected chi connectivity index (χ4v) is 5.83. The molecule has 0 N–H and O–H groups in total. The number of fused-ring (bicyclic) bond motifs is 5. The minimum atomic E-state index is -0.257. The molecule has 6 nitrogen and oxygen atoms in total. The molecule has 2 bridgehead atoms. The average Bonchev–Trinajstić information content (AvgIpc) is 3.47. The van der Waals surface area contributed by atoms with Crippen molar-refractivity contribution in [1.29, 1.82) is 0 Å². The number of carbonyl (C=O) groups excluding carboxylic acids is 2. The van der Waals surface area contributed by atoms with Gasteiger partial charge in [0, 0.05) is 5.02 Å². The number of allylic oxidation sites excluding steroid dienone is 2. The minimum Gasteiger partial charge on any atom is -0.490 e. The summed E-state index contributed by atoms with van der Waals surface area (Å²) in [7, 11) is 0. The second-order valence-electron chi connectivity index (χ2n) is 8.41. The topological polar surface area (TPSA) is 68.2 Å². The lowest BCUT2D eigenvalue weighted by molar-refractivity contribution is -0.140. The Kier molecular flexibility index (Phi) is 6.18. The summed E-state index contributed by atoms with van der Waals surface area (Å²) < 4.78 is 12.7. The molecule has 3 aliphatic rings. The number of amides is 2. The van der Waals surface area contributed by atoms with Gasteiger partial charge >= 0.3 is 0 Å². The lowest BCUT2D eigenvalue weighted by atomic mass is 9.85. The first kappa shape index (κ1) is 22.4. The predicted molar refractivity (Wildman–Crippen MR) is 133 cm³/mol. The number of ether oxygens (including phenoxy) is 2. The van der Waals surface area contributed by atoms with Gasteiger partial charge in [-0.05, 0) is 83.2 Å². The smallest absolute Gasteiger partial charge is 0.254 e. The van der Waals surface area contributed by atoms with Gasteiger partial charge in [-0.1, -0.05) is 35.9 Å². The van der Waals surface area contributed by atoms with Crippen molar-refractivity contribution in [3.05, 3.63) is 68.3 Å². The molecule has 2 aromatic carbocycles. The number of halogens is 2. The van der Waals surface area contributed by atoms with E-state index in [1.807, 2.05) is 43.3 Å². The maximum Gasteiger partial charge on any atom is 0.254 e. The third-order valence-electron chi connectivity index (χ3n) is 6.40. The van der Waals surface area contributed by atoms with Crippen LogP contribution in [0.25, 0.3) is 0 Å². The van der Waals surface area contributed by atoms with Crippen LogP contribution in [-0.2, 0) is 16.2 Å². The zero-order valence-corrected chi connectivity index (χ0v) is 20.8. The molecule has 33 heavy (non-hydrogen) atoms. The Morgan fingerprint density at radius 1 is 1.09 bits per heavy atom. The Hall–Kier alpha value is -2.39. The molecule has 0 aromatic heterocycles. The summed E-state index contributed by atoms with van der Waals surface area (Å²) >= 11 is 8.14. The number of benzene rings is 2. The number of hydrogen-bond acceptors (Lipinski definition) is 5. The number of carbonyl (C=O) groups is 2. The number of nitrogens with zero attached hydrogens (tertiary/aromatic N) is 2. The van der Waals surface area contributed by atoms with Crippen LogP contribution in [0.1, 0.15) is 24.5 Å². The molecule has 1 saturated carbocycles. The molecule has 8 heteroatoms. The van der Waals surface area contributed by atoms with E-state index in [0.29, 0.717) is 29.7 Å². The molecular formula is C25H22ClIN2O4. The second-order valence-corrected chi connectivity index (χ2v) is 10.0. The van der Waals surface area contributed by atoms with Crippen LogP contribution in [-0.4, -0.2) is 29.6 Å². The van der Waals surface area contributed by atoms with Crippen LogP contribution in [0.5, 0.6) is 11.5 Å². The third kappa shape index (κ3) is 4.17. The van der Waals surface area contributed by atoms with Gasteiger partial charge in [0.2, 0.25) is 0 Å². The van der Waals surface area contributed by atoms with Crippen LogP contribution in [0.4, 0.5) is 0 Å².